The third-order valence-corrected chi connectivity index (χ3v) is 13.6. The molecule has 12 heteroatoms. The molecule has 3 heterocycles. The van der Waals surface area contributed by atoms with Gasteiger partial charge in [0, 0.05) is 78.3 Å². The van der Waals surface area contributed by atoms with Gasteiger partial charge in [-0.15, -0.1) is 0 Å². The van der Waals surface area contributed by atoms with Crippen LogP contribution in [-0.4, -0.2) is 92.3 Å². The van der Waals surface area contributed by atoms with Crippen LogP contribution < -0.4 is 4.90 Å². The smallest absolute Gasteiger partial charge is 0.246 e. The average molecular weight is 710 g/mol. The van der Waals surface area contributed by atoms with Gasteiger partial charge in [0.2, 0.25) is 11.8 Å². The zero-order valence-electron chi connectivity index (χ0n) is 31.2. The number of anilines is 1. The molecule has 2 amide bonds. The van der Waals surface area contributed by atoms with Crippen molar-refractivity contribution in [3.05, 3.63) is 35.5 Å². The van der Waals surface area contributed by atoms with Gasteiger partial charge in [-0.25, -0.2) is 4.68 Å². The lowest BCUT2D eigenvalue weighted by atomic mass is 9.75. The van der Waals surface area contributed by atoms with Crippen LogP contribution in [0.2, 0.25) is 51.4 Å². The zero-order chi connectivity index (χ0) is 35.6. The van der Waals surface area contributed by atoms with Crippen molar-refractivity contribution in [3.8, 4) is 11.4 Å². The highest BCUT2D eigenvalue weighted by Crippen LogP contribution is 2.41. The predicted octanol–water partition coefficient (Wildman–Crippen LogP) is 6.59. The number of benzene rings is 1. The Balaban J connectivity index is 1.51. The number of amides is 2. The quantitative estimate of drug-likeness (QED) is 0.141. The van der Waals surface area contributed by atoms with Crippen molar-refractivity contribution in [3.63, 3.8) is 0 Å². The Morgan fingerprint density at radius 1 is 1.00 bits per heavy atom. The fraction of sp³-hybridized carbons (Fsp3) is 0.649. The van der Waals surface area contributed by atoms with Crippen molar-refractivity contribution in [1.82, 2.24) is 19.2 Å². The van der Waals surface area contributed by atoms with Crippen LogP contribution in [0.1, 0.15) is 43.9 Å². The van der Waals surface area contributed by atoms with Crippen LogP contribution in [0.4, 0.5) is 5.69 Å². The maximum Gasteiger partial charge on any atom is 0.246 e. The van der Waals surface area contributed by atoms with E-state index in [1.165, 1.54) is 5.56 Å². The predicted molar refractivity (Wildman–Crippen MR) is 202 cm³/mol. The lowest BCUT2D eigenvalue weighted by Gasteiger charge is -2.32. The lowest BCUT2D eigenvalue weighted by molar-refractivity contribution is -0.137. The van der Waals surface area contributed by atoms with Crippen LogP contribution in [0.5, 0.6) is 0 Å². The van der Waals surface area contributed by atoms with Gasteiger partial charge >= 0.3 is 0 Å². The number of ether oxygens (including phenoxy) is 2. The lowest BCUT2D eigenvalue weighted by Crippen LogP contribution is -2.43. The third kappa shape index (κ3) is 9.32. The molecule has 270 valence electrons. The first-order chi connectivity index (χ1) is 23.1. The number of hydrogen-bond donors (Lipinski definition) is 1. The fourth-order valence-corrected chi connectivity index (χ4v) is 8.17. The molecular weight excluding hydrogens is 651 g/mol. The summed E-state index contributed by atoms with van der Waals surface area (Å²) in [5.41, 5.74) is 5.82. The molecule has 1 unspecified atom stereocenters. The molecule has 3 aromatic rings. The van der Waals surface area contributed by atoms with Crippen LogP contribution in [0.3, 0.4) is 0 Å². The number of likely N-dealkylation sites (N-methyl/N-ethyl adjacent to an activating group) is 1. The van der Waals surface area contributed by atoms with Gasteiger partial charge in [0.25, 0.3) is 0 Å². The maximum atomic E-state index is 13.4. The summed E-state index contributed by atoms with van der Waals surface area (Å²) in [7, 11) is -0.733. The number of carbonyl (C=O) groups is 2. The summed E-state index contributed by atoms with van der Waals surface area (Å²) >= 11 is 0. The van der Waals surface area contributed by atoms with Crippen molar-refractivity contribution in [2.45, 2.75) is 110 Å². The van der Waals surface area contributed by atoms with E-state index >= 15 is 0 Å². The molecule has 1 aliphatic heterocycles. The number of likely N-dealkylation sites (tertiary alicyclic amines) is 1. The van der Waals surface area contributed by atoms with Crippen molar-refractivity contribution in [2.24, 2.45) is 5.41 Å². The Morgan fingerprint density at radius 2 is 1.69 bits per heavy atom. The summed E-state index contributed by atoms with van der Waals surface area (Å²) in [6.07, 6.45) is 4.80. The number of aromatic nitrogens is 3. The number of carbonyl (C=O) groups excluding carboxylic acids is 2. The minimum absolute atomic E-state index is 0.0564. The van der Waals surface area contributed by atoms with E-state index in [2.05, 4.69) is 69.0 Å². The summed E-state index contributed by atoms with van der Waals surface area (Å²) in [4.78, 5) is 29.1. The monoisotopic (exact) mass is 709 g/mol. The second-order valence-electron chi connectivity index (χ2n) is 17.0. The second kappa shape index (κ2) is 15.2. The van der Waals surface area contributed by atoms with Gasteiger partial charge in [0.05, 0.1) is 11.2 Å². The number of hydrogen-bond acceptors (Lipinski definition) is 6. The van der Waals surface area contributed by atoms with Crippen LogP contribution in [-0.2, 0) is 45.4 Å². The normalized spacial score (nSPS) is 18.7. The Labute approximate surface area is 294 Å². The van der Waals surface area contributed by atoms with Gasteiger partial charge in [0.1, 0.15) is 25.7 Å². The molecule has 0 spiro atoms. The first-order valence-corrected chi connectivity index (χ1v) is 25.5. The van der Waals surface area contributed by atoms with Crippen molar-refractivity contribution in [1.29, 1.82) is 0 Å². The minimum Gasteiger partial charge on any atom is -0.396 e. The highest BCUT2D eigenvalue weighted by Gasteiger charge is 2.35. The minimum atomic E-state index is -1.29. The molecule has 5 rings (SSSR count). The second-order valence-corrected chi connectivity index (χ2v) is 28.3. The van der Waals surface area contributed by atoms with E-state index in [9.17, 15) is 14.7 Å². The van der Waals surface area contributed by atoms with E-state index in [-0.39, 0.29) is 30.4 Å². The van der Waals surface area contributed by atoms with Gasteiger partial charge in [0.15, 0.2) is 0 Å². The van der Waals surface area contributed by atoms with Crippen LogP contribution in [0, 0.1) is 5.41 Å². The molecule has 10 nitrogen and oxygen atoms in total. The van der Waals surface area contributed by atoms with E-state index in [0.29, 0.717) is 39.6 Å². The van der Waals surface area contributed by atoms with Crippen LogP contribution in [0.15, 0.2) is 24.3 Å². The summed E-state index contributed by atoms with van der Waals surface area (Å²) in [6.45, 7) is 19.3. The molecule has 1 aromatic carbocycles. The van der Waals surface area contributed by atoms with E-state index in [1.807, 2.05) is 10.7 Å². The molecule has 1 fully saturated rings. The standard InChI is InChI=1S/C37H59N5O5Si2/c1-37(25-43)15-14-30-33(23-37)42(27-47-18-20-49(6,7)8)38-36(30)32-21-28-12-13-29(22-31(28)41(32)26-46-17-19-48(3,4)5)39(2)35(45)24-40-16-10-9-11-34(40)44/h12-13,21-22,43H,9-11,14-20,23-27H2,1-8H3. The molecule has 49 heavy (non-hydrogen) atoms. The topological polar surface area (TPSA) is 102 Å². The zero-order valence-corrected chi connectivity index (χ0v) is 33.2. The molecule has 1 N–H and O–H groups in total. The molecule has 0 radical (unpaired) electrons. The number of aliphatic hydroxyl groups is 1. The van der Waals surface area contributed by atoms with Gasteiger partial charge in [-0.3, -0.25) is 9.59 Å². The Bertz CT molecular complexity index is 1640. The first kappa shape index (κ1) is 37.5. The fourth-order valence-electron chi connectivity index (χ4n) is 6.65. The van der Waals surface area contributed by atoms with Gasteiger partial charge in [-0.1, -0.05) is 52.3 Å². The molecule has 1 atom stereocenters. The number of aliphatic hydroxyl groups excluding tert-OH is 1. The van der Waals surface area contributed by atoms with Crippen molar-refractivity contribution >= 4 is 44.6 Å². The average Bonchev–Trinajstić information content (AvgIpc) is 3.58. The molecule has 1 saturated heterocycles. The highest BCUT2D eigenvalue weighted by atomic mass is 28.3. The SMILES string of the molecule is CN(C(=O)CN1CCCCC1=O)c1ccc2cc(-c3nn(COCC[Si](C)(C)C)c4c3CCC(C)(CO)C4)n(COCC[Si](C)(C)C)c2c1. The van der Waals surface area contributed by atoms with Gasteiger partial charge in [-0.2, -0.15) is 5.10 Å². The summed E-state index contributed by atoms with van der Waals surface area (Å²) in [5, 5.41) is 16.6. The van der Waals surface area contributed by atoms with Crippen LogP contribution >= 0.6 is 0 Å². The van der Waals surface area contributed by atoms with E-state index in [4.69, 9.17) is 14.6 Å². The number of piperidine rings is 1. The number of rotatable bonds is 15. The maximum absolute atomic E-state index is 13.4. The molecule has 1 aliphatic carbocycles. The largest absolute Gasteiger partial charge is 0.396 e. The van der Waals surface area contributed by atoms with Crippen molar-refractivity contribution < 1.29 is 24.2 Å². The number of nitrogens with zero attached hydrogens (tertiary/aromatic N) is 5. The Hall–Kier alpha value is -2.78. The summed E-state index contributed by atoms with van der Waals surface area (Å²) < 4.78 is 16.8. The van der Waals surface area contributed by atoms with Gasteiger partial charge < -0.3 is 28.9 Å². The Kier molecular flexibility index (Phi) is 11.6. The van der Waals surface area contributed by atoms with Gasteiger partial charge in [-0.05, 0) is 67.8 Å². The summed E-state index contributed by atoms with van der Waals surface area (Å²) in [5.74, 6) is -0.0471. The molecule has 0 bridgehead atoms. The van der Waals surface area contributed by atoms with Crippen molar-refractivity contribution in [2.75, 3.05) is 44.9 Å². The van der Waals surface area contributed by atoms with E-state index in [1.54, 1.807) is 16.8 Å². The molecule has 2 aliphatic rings. The summed E-state index contributed by atoms with van der Waals surface area (Å²) in [6, 6.07) is 10.4. The molecule has 0 saturated carbocycles. The molecule has 2 aromatic heterocycles. The van der Waals surface area contributed by atoms with E-state index < -0.39 is 16.1 Å². The molecular formula is C37H59N5O5Si2. The van der Waals surface area contributed by atoms with Crippen LogP contribution in [0.25, 0.3) is 22.3 Å². The third-order valence-electron chi connectivity index (χ3n) is 10.2. The Morgan fingerprint density at radius 3 is 2.35 bits per heavy atom. The van der Waals surface area contributed by atoms with E-state index in [0.717, 1.165) is 77.9 Å². The number of fused-ring (bicyclic) bond motifs is 2. The first-order valence-electron chi connectivity index (χ1n) is 18.1. The highest BCUT2D eigenvalue weighted by molar-refractivity contribution is 6.76.